The van der Waals surface area contributed by atoms with Gasteiger partial charge in [-0.05, 0) is 23.8 Å². The molecule has 2 rings (SSSR count). The summed E-state index contributed by atoms with van der Waals surface area (Å²) in [5, 5.41) is 3.60. The molecule has 0 saturated heterocycles. The lowest BCUT2D eigenvalue weighted by atomic mass is 10.0. The molecule has 0 bridgehead atoms. The lowest BCUT2D eigenvalue weighted by molar-refractivity contribution is -0.145. The Morgan fingerprint density at radius 2 is 1.75 bits per heavy atom. The lowest BCUT2D eigenvalue weighted by Crippen LogP contribution is -2.34. The number of amides is 2. The lowest BCUT2D eigenvalue weighted by Gasteiger charge is -2.17. The van der Waals surface area contributed by atoms with Crippen LogP contribution in [0.25, 0.3) is 0 Å². The van der Waals surface area contributed by atoms with E-state index in [-0.39, 0.29) is 13.0 Å². The molecule has 0 aliphatic carbocycles. The molecular formula is C17H16Cl2N2O3. The van der Waals surface area contributed by atoms with Crippen molar-refractivity contribution in [1.82, 2.24) is 5.32 Å². The van der Waals surface area contributed by atoms with E-state index >= 15 is 0 Å². The van der Waals surface area contributed by atoms with Crippen molar-refractivity contribution in [2.24, 2.45) is 5.73 Å². The number of benzene rings is 2. The van der Waals surface area contributed by atoms with E-state index in [9.17, 15) is 9.59 Å². The number of hydrogen-bond acceptors (Lipinski definition) is 3. The number of nitrogens with two attached hydrogens (primary N) is 1. The third-order valence-corrected chi connectivity index (χ3v) is 3.93. The molecule has 3 N–H and O–H groups in total. The second-order valence-electron chi connectivity index (χ2n) is 5.07. The average Bonchev–Trinajstić information content (AvgIpc) is 2.54. The number of ether oxygens (including phenoxy) is 1. The number of hydrogen-bond donors (Lipinski definition) is 2. The van der Waals surface area contributed by atoms with Crippen molar-refractivity contribution in [3.63, 3.8) is 0 Å². The quantitative estimate of drug-likeness (QED) is 0.762. The number of nitrogens with one attached hydrogen (secondary N) is 1. The van der Waals surface area contributed by atoms with E-state index < -0.39 is 18.0 Å². The van der Waals surface area contributed by atoms with Crippen LogP contribution in [0, 0.1) is 0 Å². The third-order valence-electron chi connectivity index (χ3n) is 3.31. The van der Waals surface area contributed by atoms with Crippen molar-refractivity contribution in [1.29, 1.82) is 0 Å². The normalized spacial score (nSPS) is 11.6. The van der Waals surface area contributed by atoms with E-state index in [1.807, 2.05) is 0 Å². The fraction of sp³-hybridized carbons (Fsp3) is 0.176. The molecule has 0 unspecified atom stereocenters. The maximum Gasteiger partial charge on any atom is 0.312 e. The van der Waals surface area contributed by atoms with Crippen LogP contribution >= 0.6 is 23.2 Å². The molecule has 24 heavy (non-hydrogen) atoms. The number of urea groups is 1. The van der Waals surface area contributed by atoms with E-state index in [4.69, 9.17) is 33.7 Å². The number of carbonyl (C=O) groups excluding carboxylic acids is 2. The Morgan fingerprint density at radius 3 is 2.38 bits per heavy atom. The van der Waals surface area contributed by atoms with Crippen LogP contribution in [-0.2, 0) is 16.1 Å². The van der Waals surface area contributed by atoms with Gasteiger partial charge in [0.15, 0.2) is 0 Å². The van der Waals surface area contributed by atoms with Gasteiger partial charge in [-0.1, -0.05) is 53.5 Å². The van der Waals surface area contributed by atoms with Gasteiger partial charge in [-0.3, -0.25) is 4.79 Å². The van der Waals surface area contributed by atoms with E-state index in [1.54, 1.807) is 48.5 Å². The van der Waals surface area contributed by atoms with Gasteiger partial charge in [0.05, 0.1) is 12.5 Å². The van der Waals surface area contributed by atoms with Crippen molar-refractivity contribution >= 4 is 35.2 Å². The summed E-state index contributed by atoms with van der Waals surface area (Å²) in [6, 6.07) is 12.5. The molecule has 0 aliphatic rings. The van der Waals surface area contributed by atoms with Crippen LogP contribution in [0.4, 0.5) is 4.79 Å². The van der Waals surface area contributed by atoms with E-state index in [1.165, 1.54) is 0 Å². The SMILES string of the molecule is NC(=O)N[C@@H](CC(=O)OCc1ccccc1Cl)c1ccc(Cl)cc1. The zero-order valence-corrected chi connectivity index (χ0v) is 14.2. The van der Waals surface area contributed by atoms with Crippen LogP contribution in [-0.4, -0.2) is 12.0 Å². The highest BCUT2D eigenvalue weighted by atomic mass is 35.5. The van der Waals surface area contributed by atoms with Gasteiger partial charge < -0.3 is 15.8 Å². The molecule has 0 spiro atoms. The van der Waals surface area contributed by atoms with Gasteiger partial charge in [0, 0.05) is 15.6 Å². The van der Waals surface area contributed by atoms with Gasteiger partial charge in [0.1, 0.15) is 6.61 Å². The Kier molecular flexibility index (Phi) is 6.46. The highest BCUT2D eigenvalue weighted by molar-refractivity contribution is 6.31. The minimum Gasteiger partial charge on any atom is -0.461 e. The third kappa shape index (κ3) is 5.44. The summed E-state index contributed by atoms with van der Waals surface area (Å²) < 4.78 is 5.22. The molecule has 0 aromatic heterocycles. The minimum atomic E-state index is -0.728. The molecule has 7 heteroatoms. The summed E-state index contributed by atoms with van der Waals surface area (Å²) in [6.07, 6.45) is -0.0605. The Morgan fingerprint density at radius 1 is 1.08 bits per heavy atom. The van der Waals surface area contributed by atoms with Gasteiger partial charge >= 0.3 is 12.0 Å². The molecular weight excluding hydrogens is 351 g/mol. The Hall–Kier alpha value is -2.24. The number of carbonyl (C=O) groups is 2. The Labute approximate surface area is 149 Å². The van der Waals surface area contributed by atoms with Crippen LogP contribution in [0.3, 0.4) is 0 Å². The van der Waals surface area contributed by atoms with Crippen LogP contribution in [0.1, 0.15) is 23.6 Å². The number of primary amides is 1. The topological polar surface area (TPSA) is 81.4 Å². The van der Waals surface area contributed by atoms with Crippen LogP contribution in [0.5, 0.6) is 0 Å². The van der Waals surface area contributed by atoms with Gasteiger partial charge in [-0.2, -0.15) is 0 Å². The maximum absolute atomic E-state index is 12.1. The summed E-state index contributed by atoms with van der Waals surface area (Å²) in [6.45, 7) is 0.0580. The predicted molar refractivity (Wildman–Crippen MR) is 92.8 cm³/mol. The zero-order chi connectivity index (χ0) is 17.5. The molecule has 0 saturated carbocycles. The predicted octanol–water partition coefficient (Wildman–Crippen LogP) is 3.84. The van der Waals surface area contributed by atoms with Crippen LogP contribution in [0.2, 0.25) is 10.0 Å². The van der Waals surface area contributed by atoms with Crippen molar-refractivity contribution in [2.75, 3.05) is 0 Å². The fourth-order valence-electron chi connectivity index (χ4n) is 2.12. The molecule has 2 aromatic rings. The van der Waals surface area contributed by atoms with Crippen molar-refractivity contribution in [2.45, 2.75) is 19.1 Å². The summed E-state index contributed by atoms with van der Waals surface area (Å²) in [4.78, 5) is 23.2. The van der Waals surface area contributed by atoms with E-state index in [0.29, 0.717) is 21.2 Å². The van der Waals surface area contributed by atoms with Crippen molar-refractivity contribution in [3.8, 4) is 0 Å². The smallest absolute Gasteiger partial charge is 0.312 e. The number of halogens is 2. The van der Waals surface area contributed by atoms with E-state index in [2.05, 4.69) is 5.32 Å². The molecule has 126 valence electrons. The molecule has 0 heterocycles. The first-order valence-corrected chi connectivity index (χ1v) is 7.92. The zero-order valence-electron chi connectivity index (χ0n) is 12.7. The van der Waals surface area contributed by atoms with Gasteiger partial charge in [-0.25, -0.2) is 4.79 Å². The maximum atomic E-state index is 12.1. The van der Waals surface area contributed by atoms with Crippen LogP contribution < -0.4 is 11.1 Å². The molecule has 5 nitrogen and oxygen atoms in total. The highest BCUT2D eigenvalue weighted by Gasteiger charge is 2.18. The number of rotatable bonds is 6. The first kappa shape index (κ1) is 18.1. The van der Waals surface area contributed by atoms with Gasteiger partial charge in [0.2, 0.25) is 0 Å². The molecule has 0 aliphatic heterocycles. The standard InChI is InChI=1S/C17H16Cl2N2O3/c18-13-7-5-11(6-8-13)15(21-17(20)23)9-16(22)24-10-12-3-1-2-4-14(12)19/h1-8,15H,9-10H2,(H3,20,21,23)/t15-/m0/s1. The minimum absolute atomic E-state index is 0.0580. The molecule has 2 aromatic carbocycles. The molecule has 2 amide bonds. The second-order valence-corrected chi connectivity index (χ2v) is 5.91. The monoisotopic (exact) mass is 366 g/mol. The first-order valence-electron chi connectivity index (χ1n) is 7.16. The molecule has 0 fully saturated rings. The van der Waals surface area contributed by atoms with Gasteiger partial charge in [-0.15, -0.1) is 0 Å². The van der Waals surface area contributed by atoms with Crippen LogP contribution in [0.15, 0.2) is 48.5 Å². The average molecular weight is 367 g/mol. The fourth-order valence-corrected chi connectivity index (χ4v) is 2.43. The summed E-state index contributed by atoms with van der Waals surface area (Å²) in [5.41, 5.74) is 6.58. The Balaban J connectivity index is 2.00. The molecule has 1 atom stereocenters. The first-order chi connectivity index (χ1) is 11.5. The largest absolute Gasteiger partial charge is 0.461 e. The summed E-state index contributed by atoms with van der Waals surface area (Å²) >= 11 is 11.9. The molecule has 0 radical (unpaired) electrons. The number of esters is 1. The summed E-state index contributed by atoms with van der Waals surface area (Å²) in [7, 11) is 0. The van der Waals surface area contributed by atoms with Gasteiger partial charge in [0.25, 0.3) is 0 Å². The van der Waals surface area contributed by atoms with E-state index in [0.717, 1.165) is 0 Å². The second kappa shape index (κ2) is 8.57. The van der Waals surface area contributed by atoms with Crippen molar-refractivity contribution in [3.05, 3.63) is 69.7 Å². The highest BCUT2D eigenvalue weighted by Crippen LogP contribution is 2.21. The Bertz CT molecular complexity index is 720. The van der Waals surface area contributed by atoms with Crippen molar-refractivity contribution < 1.29 is 14.3 Å². The summed E-state index contributed by atoms with van der Waals surface area (Å²) in [5.74, 6) is -0.483.